The van der Waals surface area contributed by atoms with Crippen molar-refractivity contribution in [2.24, 2.45) is 0 Å². The van der Waals surface area contributed by atoms with Crippen molar-refractivity contribution in [1.82, 2.24) is 0 Å². The van der Waals surface area contributed by atoms with Crippen LogP contribution in [-0.4, -0.2) is 0 Å². The molecular formula is C42H25NOS. The molecule has 0 spiro atoms. The molecule has 0 N–H and O–H groups in total. The predicted molar refractivity (Wildman–Crippen MR) is 194 cm³/mol. The zero-order valence-corrected chi connectivity index (χ0v) is 25.0. The Hall–Kier alpha value is -5.64. The molecule has 3 heteroatoms. The van der Waals surface area contributed by atoms with Gasteiger partial charge in [-0.25, -0.2) is 0 Å². The fourth-order valence-corrected chi connectivity index (χ4v) is 8.31. The Morgan fingerprint density at radius 1 is 0.378 bits per heavy atom. The van der Waals surface area contributed by atoms with Crippen LogP contribution in [0.5, 0.6) is 0 Å². The second kappa shape index (κ2) is 9.43. The second-order valence-electron chi connectivity index (χ2n) is 11.7. The summed E-state index contributed by atoms with van der Waals surface area (Å²) in [5.74, 6) is 0. The van der Waals surface area contributed by atoms with E-state index in [1.165, 1.54) is 52.5 Å². The van der Waals surface area contributed by atoms with E-state index in [1.807, 2.05) is 23.5 Å². The van der Waals surface area contributed by atoms with Crippen LogP contribution < -0.4 is 4.90 Å². The molecule has 0 amide bonds. The molecule has 2 nitrogen and oxygen atoms in total. The van der Waals surface area contributed by atoms with Crippen molar-refractivity contribution >= 4 is 103 Å². The van der Waals surface area contributed by atoms with Gasteiger partial charge < -0.3 is 9.32 Å². The molecule has 0 radical (unpaired) electrons. The van der Waals surface area contributed by atoms with Gasteiger partial charge in [0.1, 0.15) is 11.2 Å². The van der Waals surface area contributed by atoms with Gasteiger partial charge in [-0.2, -0.15) is 0 Å². The van der Waals surface area contributed by atoms with Gasteiger partial charge in [-0.3, -0.25) is 0 Å². The minimum atomic E-state index is 0.899. The Morgan fingerprint density at radius 2 is 1.00 bits per heavy atom. The number of fused-ring (bicyclic) bond motifs is 11. The molecule has 8 aromatic carbocycles. The smallest absolute Gasteiger partial charge is 0.135 e. The number of rotatable bonds is 3. The van der Waals surface area contributed by atoms with E-state index in [4.69, 9.17) is 4.42 Å². The second-order valence-corrected chi connectivity index (χ2v) is 12.8. The maximum atomic E-state index is 6.23. The molecule has 10 aromatic rings. The lowest BCUT2D eigenvalue weighted by Crippen LogP contribution is -2.10. The standard InChI is InChI=1S/C42H25NOS/c1-2-9-29-26(8-1)16-19-32-30-12-7-13-38(33(30)22-21-31(29)32)43(27-18-23-40-37(24-27)34-10-3-5-14-39(34)44-40)28-17-20-36-35-11-4-6-15-41(35)45-42(36)25-28/h1-25H. The molecule has 10 rings (SSSR count). The van der Waals surface area contributed by atoms with Gasteiger partial charge in [0, 0.05) is 47.7 Å². The molecule has 0 aliphatic rings. The van der Waals surface area contributed by atoms with Crippen molar-refractivity contribution in [3.05, 3.63) is 152 Å². The lowest BCUT2D eigenvalue weighted by molar-refractivity contribution is 0.669. The molecule has 45 heavy (non-hydrogen) atoms. The predicted octanol–water partition coefficient (Wildman–Crippen LogP) is 12.9. The van der Waals surface area contributed by atoms with Crippen molar-refractivity contribution in [1.29, 1.82) is 0 Å². The van der Waals surface area contributed by atoms with Crippen LogP contribution in [0.2, 0.25) is 0 Å². The Morgan fingerprint density at radius 3 is 1.96 bits per heavy atom. The number of nitrogens with zero attached hydrogens (tertiary/aromatic N) is 1. The summed E-state index contributed by atoms with van der Waals surface area (Å²) in [6.45, 7) is 0. The number of benzene rings is 8. The zero-order valence-electron chi connectivity index (χ0n) is 24.2. The molecule has 0 atom stereocenters. The molecule has 0 saturated carbocycles. The van der Waals surface area contributed by atoms with Crippen molar-refractivity contribution in [3.63, 3.8) is 0 Å². The maximum Gasteiger partial charge on any atom is 0.135 e. The maximum absolute atomic E-state index is 6.23. The average molecular weight is 592 g/mol. The molecule has 210 valence electrons. The van der Waals surface area contributed by atoms with Crippen LogP contribution in [0, 0.1) is 0 Å². The van der Waals surface area contributed by atoms with Crippen LogP contribution in [0.15, 0.2) is 156 Å². The number of furan rings is 1. The summed E-state index contributed by atoms with van der Waals surface area (Å²) in [4.78, 5) is 2.42. The highest BCUT2D eigenvalue weighted by molar-refractivity contribution is 7.25. The van der Waals surface area contributed by atoms with Crippen molar-refractivity contribution < 1.29 is 4.42 Å². The highest BCUT2D eigenvalue weighted by Crippen LogP contribution is 2.45. The van der Waals surface area contributed by atoms with E-state index in [9.17, 15) is 0 Å². The first kappa shape index (κ1) is 24.8. The normalized spacial score (nSPS) is 12.0. The first-order valence-corrected chi connectivity index (χ1v) is 16.1. The van der Waals surface area contributed by atoms with Crippen molar-refractivity contribution in [2.75, 3.05) is 4.90 Å². The lowest BCUT2D eigenvalue weighted by atomic mass is 9.96. The van der Waals surface area contributed by atoms with Gasteiger partial charge in [-0.15, -0.1) is 11.3 Å². The summed E-state index contributed by atoms with van der Waals surface area (Å²) in [5, 5.41) is 12.4. The van der Waals surface area contributed by atoms with Crippen LogP contribution in [0.4, 0.5) is 17.1 Å². The highest BCUT2D eigenvalue weighted by Gasteiger charge is 2.19. The van der Waals surface area contributed by atoms with E-state index in [0.717, 1.165) is 39.0 Å². The Bertz CT molecular complexity index is 2790. The summed E-state index contributed by atoms with van der Waals surface area (Å²) in [5.41, 5.74) is 5.19. The monoisotopic (exact) mass is 591 g/mol. The highest BCUT2D eigenvalue weighted by atomic mass is 32.1. The molecule has 2 heterocycles. The first-order valence-electron chi connectivity index (χ1n) is 15.3. The third-order valence-electron chi connectivity index (χ3n) is 9.24. The quantitative estimate of drug-likeness (QED) is 0.190. The van der Waals surface area contributed by atoms with E-state index < -0.39 is 0 Å². The van der Waals surface area contributed by atoms with Crippen LogP contribution in [-0.2, 0) is 0 Å². The third-order valence-corrected chi connectivity index (χ3v) is 10.4. The number of hydrogen-bond acceptors (Lipinski definition) is 3. The molecule has 0 saturated heterocycles. The fraction of sp³-hybridized carbons (Fsp3) is 0. The molecule has 0 aliphatic heterocycles. The largest absolute Gasteiger partial charge is 0.456 e. The topological polar surface area (TPSA) is 16.4 Å². The first-order chi connectivity index (χ1) is 22.3. The van der Waals surface area contributed by atoms with Gasteiger partial charge in [0.15, 0.2) is 0 Å². The number of para-hydroxylation sites is 1. The van der Waals surface area contributed by atoms with Gasteiger partial charge >= 0.3 is 0 Å². The SMILES string of the molecule is c1ccc2c(c1)ccc1c3cccc(N(c4ccc5c(c4)sc4ccccc45)c4ccc5oc6ccccc6c5c4)c3ccc21. The average Bonchev–Trinajstić information content (AvgIpc) is 3.66. The van der Waals surface area contributed by atoms with Crippen LogP contribution in [0.25, 0.3) is 74.4 Å². The van der Waals surface area contributed by atoms with Gasteiger partial charge in [-0.1, -0.05) is 103 Å². The molecule has 0 aliphatic carbocycles. The summed E-state index contributed by atoms with van der Waals surface area (Å²) in [6, 6.07) is 55.0. The zero-order chi connectivity index (χ0) is 29.5. The van der Waals surface area contributed by atoms with Gasteiger partial charge in [0.25, 0.3) is 0 Å². The minimum absolute atomic E-state index is 0.899. The summed E-state index contributed by atoms with van der Waals surface area (Å²) in [7, 11) is 0. The van der Waals surface area contributed by atoms with E-state index >= 15 is 0 Å². The van der Waals surface area contributed by atoms with Gasteiger partial charge in [0.2, 0.25) is 0 Å². The van der Waals surface area contributed by atoms with Crippen molar-refractivity contribution in [3.8, 4) is 0 Å². The molecule has 0 fully saturated rings. The number of hydrogen-bond donors (Lipinski definition) is 0. The number of anilines is 3. The van der Waals surface area contributed by atoms with Gasteiger partial charge in [-0.05, 0) is 75.5 Å². The third kappa shape index (κ3) is 3.68. The van der Waals surface area contributed by atoms with E-state index in [0.29, 0.717) is 0 Å². The van der Waals surface area contributed by atoms with Crippen molar-refractivity contribution in [2.45, 2.75) is 0 Å². The molecule has 2 aromatic heterocycles. The Labute approximate surface area is 263 Å². The van der Waals surface area contributed by atoms with Crippen LogP contribution in [0.1, 0.15) is 0 Å². The molecule has 0 bridgehead atoms. The summed E-state index contributed by atoms with van der Waals surface area (Å²) >= 11 is 1.85. The van der Waals surface area contributed by atoms with E-state index in [-0.39, 0.29) is 0 Å². The van der Waals surface area contributed by atoms with E-state index in [2.05, 4.69) is 144 Å². The summed E-state index contributed by atoms with van der Waals surface area (Å²) in [6.07, 6.45) is 0. The minimum Gasteiger partial charge on any atom is -0.456 e. The molecule has 0 unspecified atom stereocenters. The number of thiophene rings is 1. The van der Waals surface area contributed by atoms with Gasteiger partial charge in [0.05, 0.1) is 5.69 Å². The molecular weight excluding hydrogens is 567 g/mol. The van der Waals surface area contributed by atoms with Crippen LogP contribution >= 0.6 is 11.3 Å². The Balaban J connectivity index is 1.26. The lowest BCUT2D eigenvalue weighted by Gasteiger charge is -2.27. The fourth-order valence-electron chi connectivity index (χ4n) is 7.17. The summed E-state index contributed by atoms with van der Waals surface area (Å²) < 4.78 is 8.82. The Kier molecular flexibility index (Phi) is 5.19. The van der Waals surface area contributed by atoms with Crippen LogP contribution in [0.3, 0.4) is 0 Å². The van der Waals surface area contributed by atoms with E-state index in [1.54, 1.807) is 0 Å².